The fourth-order valence-electron chi connectivity index (χ4n) is 2.34. The standard InChI is InChI=1S/C16H20N2S/c1-10-7-8-15(11(2)9-10)18-14(5)17(6)13(4)12(3)16(18)19/h7-9H,5H2,1-4,6H3. The molecule has 0 atom stereocenters. The number of aryl methyl sites for hydroxylation is 2. The molecule has 0 aromatic heterocycles. The third kappa shape index (κ3) is 2.19. The Balaban J connectivity index is 2.56. The fourth-order valence-corrected chi connectivity index (χ4v) is 2.69. The van der Waals surface area contributed by atoms with Gasteiger partial charge in [0.1, 0.15) is 10.8 Å². The second-order valence-electron chi connectivity index (χ2n) is 5.12. The van der Waals surface area contributed by atoms with Crippen LogP contribution in [0.4, 0.5) is 5.69 Å². The van der Waals surface area contributed by atoms with Gasteiger partial charge in [0.2, 0.25) is 0 Å². The van der Waals surface area contributed by atoms with E-state index in [9.17, 15) is 0 Å². The second-order valence-corrected chi connectivity index (χ2v) is 5.50. The van der Waals surface area contributed by atoms with Crippen LogP contribution < -0.4 is 4.90 Å². The number of benzene rings is 1. The van der Waals surface area contributed by atoms with Gasteiger partial charge in [0, 0.05) is 18.3 Å². The van der Waals surface area contributed by atoms with E-state index in [2.05, 4.69) is 62.3 Å². The van der Waals surface area contributed by atoms with Gasteiger partial charge in [-0.3, -0.25) is 4.90 Å². The summed E-state index contributed by atoms with van der Waals surface area (Å²) in [6.07, 6.45) is 0. The Kier molecular flexibility index (Phi) is 3.50. The molecule has 0 aliphatic carbocycles. The van der Waals surface area contributed by atoms with Crippen molar-refractivity contribution in [3.8, 4) is 0 Å². The van der Waals surface area contributed by atoms with Crippen molar-refractivity contribution in [1.29, 1.82) is 0 Å². The van der Waals surface area contributed by atoms with Gasteiger partial charge < -0.3 is 4.90 Å². The summed E-state index contributed by atoms with van der Waals surface area (Å²) < 4.78 is 0. The zero-order valence-electron chi connectivity index (χ0n) is 12.2. The Morgan fingerprint density at radius 3 is 2.32 bits per heavy atom. The molecule has 0 N–H and O–H groups in total. The molecule has 3 heteroatoms. The summed E-state index contributed by atoms with van der Waals surface area (Å²) in [5.41, 5.74) is 5.87. The van der Waals surface area contributed by atoms with Crippen LogP contribution >= 0.6 is 12.2 Å². The third-order valence-electron chi connectivity index (χ3n) is 3.81. The zero-order chi connectivity index (χ0) is 14.3. The Hall–Kier alpha value is -1.61. The van der Waals surface area contributed by atoms with Crippen molar-refractivity contribution >= 4 is 22.9 Å². The molecule has 2 nitrogen and oxygen atoms in total. The first-order chi connectivity index (χ1) is 8.84. The molecular formula is C16H20N2S. The highest BCUT2D eigenvalue weighted by atomic mass is 32.1. The monoisotopic (exact) mass is 272 g/mol. The van der Waals surface area contributed by atoms with Gasteiger partial charge in [-0.05, 0) is 39.3 Å². The molecule has 0 fully saturated rings. The molecular weight excluding hydrogens is 252 g/mol. The van der Waals surface area contributed by atoms with E-state index in [1.54, 1.807) is 0 Å². The average Bonchev–Trinajstić information content (AvgIpc) is 2.37. The highest BCUT2D eigenvalue weighted by Crippen LogP contribution is 2.33. The Bertz CT molecular complexity index is 599. The van der Waals surface area contributed by atoms with Gasteiger partial charge >= 0.3 is 0 Å². The molecule has 1 aromatic rings. The minimum absolute atomic E-state index is 0.840. The maximum Gasteiger partial charge on any atom is 0.116 e. The Morgan fingerprint density at radius 2 is 1.74 bits per heavy atom. The minimum atomic E-state index is 0.840. The van der Waals surface area contributed by atoms with E-state index in [0.29, 0.717) is 0 Å². The van der Waals surface area contributed by atoms with Crippen molar-refractivity contribution < 1.29 is 0 Å². The highest BCUT2D eigenvalue weighted by Gasteiger charge is 2.27. The number of nitrogens with zero attached hydrogens (tertiary/aromatic N) is 2. The minimum Gasteiger partial charge on any atom is -0.335 e. The van der Waals surface area contributed by atoms with E-state index in [-0.39, 0.29) is 0 Å². The molecule has 0 unspecified atom stereocenters. The zero-order valence-corrected chi connectivity index (χ0v) is 13.1. The molecule has 0 amide bonds. The molecule has 1 aromatic carbocycles. The summed E-state index contributed by atoms with van der Waals surface area (Å²) in [6, 6.07) is 6.40. The molecule has 0 spiro atoms. The predicted molar refractivity (Wildman–Crippen MR) is 86.3 cm³/mol. The van der Waals surface area contributed by atoms with E-state index >= 15 is 0 Å². The SMILES string of the molecule is C=C1N(C)C(C)=C(C)C(=S)N1c1ccc(C)cc1C. The third-order valence-corrected chi connectivity index (χ3v) is 4.30. The van der Waals surface area contributed by atoms with Crippen LogP contribution in [0.3, 0.4) is 0 Å². The number of anilines is 1. The fraction of sp³-hybridized carbons (Fsp3) is 0.312. The normalized spacial score (nSPS) is 16.5. The molecule has 0 saturated carbocycles. The molecule has 19 heavy (non-hydrogen) atoms. The van der Waals surface area contributed by atoms with Crippen molar-refractivity contribution in [3.05, 3.63) is 53.0 Å². The van der Waals surface area contributed by atoms with Gasteiger partial charge in [0.05, 0.1) is 5.69 Å². The van der Waals surface area contributed by atoms with Gasteiger partial charge in [-0.15, -0.1) is 0 Å². The van der Waals surface area contributed by atoms with Crippen molar-refractivity contribution in [2.24, 2.45) is 0 Å². The van der Waals surface area contributed by atoms with E-state index in [1.165, 1.54) is 11.1 Å². The maximum atomic E-state index is 5.61. The number of hydrogen-bond donors (Lipinski definition) is 0. The lowest BCUT2D eigenvalue weighted by atomic mass is 10.1. The van der Waals surface area contributed by atoms with Gasteiger partial charge in [-0.1, -0.05) is 36.5 Å². The molecule has 0 radical (unpaired) electrons. The molecule has 0 saturated heterocycles. The summed E-state index contributed by atoms with van der Waals surface area (Å²) in [7, 11) is 2.03. The van der Waals surface area contributed by atoms with Gasteiger partial charge in [0.25, 0.3) is 0 Å². The van der Waals surface area contributed by atoms with Crippen LogP contribution in [-0.4, -0.2) is 16.9 Å². The number of allylic oxidation sites excluding steroid dienone is 1. The quantitative estimate of drug-likeness (QED) is 0.709. The smallest absolute Gasteiger partial charge is 0.116 e. The number of rotatable bonds is 1. The van der Waals surface area contributed by atoms with Crippen LogP contribution in [0, 0.1) is 13.8 Å². The lowest BCUT2D eigenvalue weighted by Gasteiger charge is -2.40. The maximum absolute atomic E-state index is 5.61. The number of hydrogen-bond acceptors (Lipinski definition) is 2. The molecule has 100 valence electrons. The molecule has 2 rings (SSSR count). The van der Waals surface area contributed by atoms with E-state index in [0.717, 1.165) is 27.8 Å². The van der Waals surface area contributed by atoms with Crippen LogP contribution in [0.25, 0.3) is 0 Å². The molecule has 0 bridgehead atoms. The van der Waals surface area contributed by atoms with Gasteiger partial charge in [-0.2, -0.15) is 0 Å². The van der Waals surface area contributed by atoms with Crippen LogP contribution in [0.1, 0.15) is 25.0 Å². The summed E-state index contributed by atoms with van der Waals surface area (Å²) in [6.45, 7) is 12.5. The lowest BCUT2D eigenvalue weighted by Crippen LogP contribution is -2.41. The largest absolute Gasteiger partial charge is 0.335 e. The molecule has 1 aliphatic heterocycles. The first kappa shape index (κ1) is 13.8. The number of thiocarbonyl (C=S) groups is 1. The first-order valence-corrected chi connectivity index (χ1v) is 6.77. The van der Waals surface area contributed by atoms with Crippen molar-refractivity contribution in [3.63, 3.8) is 0 Å². The van der Waals surface area contributed by atoms with Crippen LogP contribution in [0.5, 0.6) is 0 Å². The summed E-state index contributed by atoms with van der Waals surface area (Å²) in [5.74, 6) is 0.903. The Labute approximate surface area is 121 Å². The van der Waals surface area contributed by atoms with Crippen LogP contribution in [-0.2, 0) is 0 Å². The van der Waals surface area contributed by atoms with Crippen molar-refractivity contribution in [2.45, 2.75) is 27.7 Å². The van der Waals surface area contributed by atoms with Crippen LogP contribution in [0.2, 0.25) is 0 Å². The summed E-state index contributed by atoms with van der Waals surface area (Å²) in [5, 5.41) is 0. The summed E-state index contributed by atoms with van der Waals surface area (Å²) in [4.78, 5) is 4.99. The van der Waals surface area contributed by atoms with Crippen molar-refractivity contribution in [1.82, 2.24) is 4.90 Å². The molecule has 1 aliphatic rings. The van der Waals surface area contributed by atoms with Gasteiger partial charge in [0.15, 0.2) is 0 Å². The second kappa shape index (κ2) is 4.82. The Morgan fingerprint density at radius 1 is 1.11 bits per heavy atom. The lowest BCUT2D eigenvalue weighted by molar-refractivity contribution is 0.503. The highest BCUT2D eigenvalue weighted by molar-refractivity contribution is 7.81. The average molecular weight is 272 g/mol. The van der Waals surface area contributed by atoms with Crippen LogP contribution in [0.15, 0.2) is 41.9 Å². The predicted octanol–water partition coefficient (Wildman–Crippen LogP) is 4.15. The molecule has 1 heterocycles. The first-order valence-electron chi connectivity index (χ1n) is 6.36. The van der Waals surface area contributed by atoms with Crippen molar-refractivity contribution in [2.75, 3.05) is 11.9 Å². The topological polar surface area (TPSA) is 6.48 Å². The summed E-state index contributed by atoms with van der Waals surface area (Å²) >= 11 is 5.61. The van der Waals surface area contributed by atoms with E-state index in [1.807, 2.05) is 7.05 Å². The van der Waals surface area contributed by atoms with Gasteiger partial charge in [-0.25, -0.2) is 0 Å². The van der Waals surface area contributed by atoms with E-state index < -0.39 is 0 Å². The van der Waals surface area contributed by atoms with E-state index in [4.69, 9.17) is 12.2 Å².